The summed E-state index contributed by atoms with van der Waals surface area (Å²) in [5, 5.41) is 8.45. The van der Waals surface area contributed by atoms with Gasteiger partial charge in [-0.15, -0.1) is 0 Å². The molecule has 0 unspecified atom stereocenters. The molecule has 0 atom stereocenters. The molecule has 0 aliphatic carbocycles. The first-order chi connectivity index (χ1) is 14.7. The van der Waals surface area contributed by atoms with Gasteiger partial charge in [0, 0.05) is 12.4 Å². The SMILES string of the molecule is CCCCCCCCCCCCCCCC=COC(=O)CCC(=O)O.c1c[nH]cn1. The Morgan fingerprint density at radius 1 is 0.900 bits per heavy atom. The van der Waals surface area contributed by atoms with Crippen LogP contribution in [0, 0.1) is 0 Å². The second-order valence-corrected chi connectivity index (χ2v) is 7.55. The monoisotopic (exact) mass is 422 g/mol. The van der Waals surface area contributed by atoms with Crippen molar-refractivity contribution in [2.24, 2.45) is 0 Å². The van der Waals surface area contributed by atoms with Crippen molar-refractivity contribution in [3.05, 3.63) is 31.1 Å². The number of ether oxygens (including phenoxy) is 1. The molecule has 2 N–H and O–H groups in total. The molecule has 30 heavy (non-hydrogen) atoms. The Balaban J connectivity index is 0.00000145. The summed E-state index contributed by atoms with van der Waals surface area (Å²) in [4.78, 5) is 27.9. The summed E-state index contributed by atoms with van der Waals surface area (Å²) < 4.78 is 4.82. The number of carbonyl (C=O) groups is 2. The number of carboxylic acid groups (broad SMARTS) is 1. The lowest BCUT2D eigenvalue weighted by molar-refractivity contribution is -0.144. The highest BCUT2D eigenvalue weighted by Gasteiger charge is 2.04. The van der Waals surface area contributed by atoms with Crippen molar-refractivity contribution in [1.29, 1.82) is 0 Å². The van der Waals surface area contributed by atoms with Crippen molar-refractivity contribution in [3.63, 3.8) is 0 Å². The molecule has 0 amide bonds. The van der Waals surface area contributed by atoms with Gasteiger partial charge in [0.2, 0.25) is 0 Å². The van der Waals surface area contributed by atoms with Crippen LogP contribution in [0.1, 0.15) is 110 Å². The van der Waals surface area contributed by atoms with E-state index < -0.39 is 11.9 Å². The predicted molar refractivity (Wildman–Crippen MR) is 121 cm³/mol. The van der Waals surface area contributed by atoms with Crippen LogP contribution in [0.15, 0.2) is 31.1 Å². The molecule has 0 aromatic carbocycles. The lowest BCUT2D eigenvalue weighted by Crippen LogP contribution is -2.03. The second kappa shape index (κ2) is 23.2. The first kappa shape index (κ1) is 27.9. The van der Waals surface area contributed by atoms with Crippen LogP contribution >= 0.6 is 0 Å². The summed E-state index contributed by atoms with van der Waals surface area (Å²) in [6, 6.07) is 0. The van der Waals surface area contributed by atoms with E-state index in [0.29, 0.717) is 0 Å². The maximum Gasteiger partial charge on any atom is 0.311 e. The fourth-order valence-electron chi connectivity index (χ4n) is 2.96. The van der Waals surface area contributed by atoms with Gasteiger partial charge in [-0.3, -0.25) is 9.59 Å². The van der Waals surface area contributed by atoms with Gasteiger partial charge in [-0.1, -0.05) is 84.0 Å². The van der Waals surface area contributed by atoms with Crippen molar-refractivity contribution in [2.75, 3.05) is 0 Å². The largest absolute Gasteiger partial charge is 0.481 e. The lowest BCUT2D eigenvalue weighted by Gasteiger charge is -2.02. The van der Waals surface area contributed by atoms with Gasteiger partial charge in [0.15, 0.2) is 0 Å². The van der Waals surface area contributed by atoms with Crippen LogP contribution in [0.25, 0.3) is 0 Å². The minimum atomic E-state index is -0.979. The van der Waals surface area contributed by atoms with E-state index in [1.54, 1.807) is 18.7 Å². The number of aromatic nitrogens is 2. The Bertz CT molecular complexity index is 498. The summed E-state index contributed by atoms with van der Waals surface area (Å²) in [6.45, 7) is 2.26. The highest BCUT2D eigenvalue weighted by Crippen LogP contribution is 2.13. The molecule has 6 nitrogen and oxygen atoms in total. The van der Waals surface area contributed by atoms with Crippen molar-refractivity contribution < 1.29 is 19.4 Å². The van der Waals surface area contributed by atoms with Gasteiger partial charge in [0.05, 0.1) is 25.4 Å². The zero-order valence-corrected chi connectivity index (χ0v) is 18.8. The minimum absolute atomic E-state index is 0.0710. The number of aliphatic carboxylic acids is 1. The Morgan fingerprint density at radius 3 is 1.90 bits per heavy atom. The molecule has 1 rings (SSSR count). The number of hydrogen-bond donors (Lipinski definition) is 2. The molecule has 0 fully saturated rings. The summed E-state index contributed by atoms with van der Waals surface area (Å²) >= 11 is 0. The third kappa shape index (κ3) is 23.9. The highest BCUT2D eigenvalue weighted by atomic mass is 16.5. The Labute approximate surface area is 182 Å². The molecule has 0 radical (unpaired) electrons. The quantitative estimate of drug-likeness (QED) is 0.154. The number of aromatic amines is 1. The third-order valence-corrected chi connectivity index (χ3v) is 4.72. The predicted octanol–water partition coefficient (Wildman–Crippen LogP) is 6.80. The van der Waals surface area contributed by atoms with E-state index in [2.05, 4.69) is 16.9 Å². The van der Waals surface area contributed by atoms with Gasteiger partial charge in [-0.2, -0.15) is 0 Å². The zero-order chi connectivity index (χ0) is 22.1. The van der Waals surface area contributed by atoms with Gasteiger partial charge in [0.25, 0.3) is 0 Å². The summed E-state index contributed by atoms with van der Waals surface area (Å²) in [5.74, 6) is -1.46. The summed E-state index contributed by atoms with van der Waals surface area (Å²) in [5.41, 5.74) is 0. The van der Waals surface area contributed by atoms with Crippen LogP contribution in [0.2, 0.25) is 0 Å². The van der Waals surface area contributed by atoms with Crippen molar-refractivity contribution in [3.8, 4) is 0 Å². The van der Waals surface area contributed by atoms with E-state index in [1.165, 1.54) is 83.3 Å². The second-order valence-electron chi connectivity index (χ2n) is 7.55. The normalized spacial score (nSPS) is 10.6. The van der Waals surface area contributed by atoms with Gasteiger partial charge in [0.1, 0.15) is 0 Å². The topological polar surface area (TPSA) is 92.3 Å². The number of rotatable bonds is 18. The van der Waals surface area contributed by atoms with Crippen LogP contribution in [0.4, 0.5) is 0 Å². The number of imidazole rings is 1. The third-order valence-electron chi connectivity index (χ3n) is 4.72. The molecule has 0 bridgehead atoms. The molecule has 0 saturated carbocycles. The van der Waals surface area contributed by atoms with Crippen LogP contribution in [-0.4, -0.2) is 27.0 Å². The molecule has 6 heteroatoms. The van der Waals surface area contributed by atoms with Crippen LogP contribution in [0.3, 0.4) is 0 Å². The number of allylic oxidation sites excluding steroid dienone is 1. The average Bonchev–Trinajstić information content (AvgIpc) is 3.32. The number of H-pyrrole nitrogens is 1. The Morgan fingerprint density at radius 2 is 1.47 bits per heavy atom. The van der Waals surface area contributed by atoms with Gasteiger partial charge >= 0.3 is 11.9 Å². The molecule has 1 aromatic heterocycles. The molecule has 0 saturated heterocycles. The molecular weight excluding hydrogens is 380 g/mol. The van der Waals surface area contributed by atoms with E-state index in [0.717, 1.165) is 12.8 Å². The average molecular weight is 423 g/mol. The molecule has 0 aliphatic rings. The van der Waals surface area contributed by atoms with E-state index >= 15 is 0 Å². The zero-order valence-electron chi connectivity index (χ0n) is 18.8. The van der Waals surface area contributed by atoms with Crippen molar-refractivity contribution >= 4 is 11.9 Å². The Kier molecular flexibility index (Phi) is 21.5. The number of carbonyl (C=O) groups excluding carboxylic acids is 1. The fraction of sp³-hybridized carbons (Fsp3) is 0.708. The number of esters is 1. The van der Waals surface area contributed by atoms with Crippen molar-refractivity contribution in [2.45, 2.75) is 110 Å². The van der Waals surface area contributed by atoms with Crippen LogP contribution in [0.5, 0.6) is 0 Å². The number of hydrogen-bond acceptors (Lipinski definition) is 4. The summed E-state index contributed by atoms with van der Waals surface area (Å²) in [6.07, 6.45) is 26.4. The molecule has 172 valence electrons. The van der Waals surface area contributed by atoms with Gasteiger partial charge in [-0.05, 0) is 18.9 Å². The van der Waals surface area contributed by atoms with E-state index in [1.807, 2.05) is 6.08 Å². The van der Waals surface area contributed by atoms with Gasteiger partial charge in [-0.25, -0.2) is 4.98 Å². The van der Waals surface area contributed by atoms with E-state index in [-0.39, 0.29) is 12.8 Å². The van der Waals surface area contributed by atoms with Crippen molar-refractivity contribution in [1.82, 2.24) is 9.97 Å². The molecule has 1 heterocycles. The highest BCUT2D eigenvalue weighted by molar-refractivity contribution is 5.76. The summed E-state index contributed by atoms with van der Waals surface area (Å²) in [7, 11) is 0. The molecule has 1 aromatic rings. The van der Waals surface area contributed by atoms with Crippen LogP contribution in [-0.2, 0) is 14.3 Å². The van der Waals surface area contributed by atoms with Crippen LogP contribution < -0.4 is 0 Å². The fourth-order valence-corrected chi connectivity index (χ4v) is 2.96. The number of unbranched alkanes of at least 4 members (excludes halogenated alkanes) is 13. The number of nitrogens with zero attached hydrogens (tertiary/aromatic N) is 1. The minimum Gasteiger partial charge on any atom is -0.481 e. The lowest BCUT2D eigenvalue weighted by atomic mass is 10.0. The number of nitrogens with one attached hydrogen (secondary N) is 1. The Hall–Kier alpha value is -2.11. The molecule has 0 aliphatic heterocycles. The van der Waals surface area contributed by atoms with E-state index in [4.69, 9.17) is 9.84 Å². The smallest absolute Gasteiger partial charge is 0.311 e. The van der Waals surface area contributed by atoms with Gasteiger partial charge < -0.3 is 14.8 Å². The number of carboxylic acids is 1. The standard InChI is InChI=1S/C21H38O4.C3H4N2/c1-2-3-4-5-6-7-8-9-10-11-12-13-14-15-16-19-25-21(24)18-17-20(22)23;1-2-5-3-4-1/h16,19H,2-15,17-18H2,1H3,(H,22,23);1-3H,(H,4,5). The molecule has 0 spiro atoms. The molecular formula is C24H42N2O4. The van der Waals surface area contributed by atoms with E-state index in [9.17, 15) is 9.59 Å². The maximum absolute atomic E-state index is 11.2. The maximum atomic E-state index is 11.2. The first-order valence-electron chi connectivity index (χ1n) is 11.7. The first-order valence-corrected chi connectivity index (χ1v) is 11.7.